The van der Waals surface area contributed by atoms with Crippen LogP contribution in [0.3, 0.4) is 0 Å². The molecule has 2 amide bonds. The molecule has 4 rings (SSSR count). The molecule has 1 saturated heterocycles. The number of aromatic nitrogens is 3. The third-order valence-corrected chi connectivity index (χ3v) is 5.46. The van der Waals surface area contributed by atoms with E-state index in [-0.39, 0.29) is 23.2 Å². The maximum Gasteiger partial charge on any atom is 0.259 e. The monoisotopic (exact) mass is 434 g/mol. The summed E-state index contributed by atoms with van der Waals surface area (Å²) in [6.07, 6.45) is 5.43. The summed E-state index contributed by atoms with van der Waals surface area (Å²) >= 11 is 0. The molecule has 0 saturated carbocycles. The van der Waals surface area contributed by atoms with Gasteiger partial charge >= 0.3 is 0 Å². The van der Waals surface area contributed by atoms with Gasteiger partial charge in [0.1, 0.15) is 11.6 Å². The molecule has 8 nitrogen and oxygen atoms in total. The topological polar surface area (TPSA) is 114 Å². The van der Waals surface area contributed by atoms with Crippen LogP contribution < -0.4 is 11.1 Å². The summed E-state index contributed by atoms with van der Waals surface area (Å²) < 4.78 is 13.9. The van der Waals surface area contributed by atoms with Gasteiger partial charge in [-0.05, 0) is 50.5 Å². The van der Waals surface area contributed by atoms with Crippen LogP contribution in [0, 0.1) is 12.7 Å². The summed E-state index contributed by atoms with van der Waals surface area (Å²) in [5.74, 6) is -0.362. The first-order valence-electron chi connectivity index (χ1n) is 10.4. The number of halogens is 1. The van der Waals surface area contributed by atoms with E-state index < -0.39 is 11.7 Å². The normalized spacial score (nSPS) is 15.9. The number of rotatable bonds is 4. The van der Waals surface area contributed by atoms with Gasteiger partial charge in [-0.15, -0.1) is 0 Å². The second-order valence-electron chi connectivity index (χ2n) is 7.64. The molecule has 1 aromatic carbocycles. The molecule has 32 heavy (non-hydrogen) atoms. The summed E-state index contributed by atoms with van der Waals surface area (Å²) in [5, 5.41) is 2.54. The van der Waals surface area contributed by atoms with E-state index in [2.05, 4.69) is 20.3 Å². The number of anilines is 2. The fourth-order valence-corrected chi connectivity index (χ4v) is 3.76. The highest BCUT2D eigenvalue weighted by atomic mass is 19.1. The molecule has 0 unspecified atom stereocenters. The highest BCUT2D eigenvalue weighted by Crippen LogP contribution is 2.30. The molecule has 3 N–H and O–H groups in total. The largest absolute Gasteiger partial charge is 0.384 e. The number of aryl methyl sites for hydroxylation is 1. The molecule has 1 aliphatic rings. The van der Waals surface area contributed by atoms with Gasteiger partial charge < -0.3 is 16.0 Å². The van der Waals surface area contributed by atoms with E-state index in [0.29, 0.717) is 35.9 Å². The molecule has 0 spiro atoms. The van der Waals surface area contributed by atoms with Crippen LogP contribution >= 0.6 is 0 Å². The van der Waals surface area contributed by atoms with Crippen LogP contribution in [-0.4, -0.2) is 38.2 Å². The van der Waals surface area contributed by atoms with Crippen molar-refractivity contribution in [3.05, 3.63) is 77.3 Å². The molecule has 2 aromatic heterocycles. The number of likely N-dealkylation sites (tertiary alicyclic amines) is 1. The van der Waals surface area contributed by atoms with Gasteiger partial charge in [-0.3, -0.25) is 9.59 Å². The zero-order valence-corrected chi connectivity index (χ0v) is 17.6. The predicted octanol–water partition coefficient (Wildman–Crippen LogP) is 3.52. The lowest BCUT2D eigenvalue weighted by atomic mass is 10.00. The molecule has 3 heterocycles. The number of para-hydroxylation sites is 1. The number of nitrogens with zero attached hydrogens (tertiary/aromatic N) is 4. The average Bonchev–Trinajstić information content (AvgIpc) is 2.80. The molecule has 1 aliphatic heterocycles. The van der Waals surface area contributed by atoms with Crippen molar-refractivity contribution >= 4 is 23.3 Å². The second-order valence-corrected chi connectivity index (χ2v) is 7.64. The first-order chi connectivity index (χ1) is 15.4. The van der Waals surface area contributed by atoms with Gasteiger partial charge in [0.05, 0.1) is 28.6 Å². The van der Waals surface area contributed by atoms with Crippen LogP contribution in [-0.2, 0) is 0 Å². The molecule has 1 fully saturated rings. The molecule has 0 bridgehead atoms. The van der Waals surface area contributed by atoms with Crippen molar-refractivity contribution in [3.8, 4) is 0 Å². The number of piperidine rings is 1. The minimum absolute atomic E-state index is 0.0853. The predicted molar refractivity (Wildman–Crippen MR) is 117 cm³/mol. The fourth-order valence-electron chi connectivity index (χ4n) is 3.76. The van der Waals surface area contributed by atoms with Crippen molar-refractivity contribution in [2.24, 2.45) is 0 Å². The van der Waals surface area contributed by atoms with E-state index in [9.17, 15) is 14.0 Å². The highest BCUT2D eigenvalue weighted by molar-refractivity contribution is 6.04. The van der Waals surface area contributed by atoms with Crippen molar-refractivity contribution in [2.45, 2.75) is 32.2 Å². The number of amides is 2. The van der Waals surface area contributed by atoms with E-state index in [0.717, 1.165) is 12.8 Å². The SMILES string of the molecule is Cc1nc([C@@H]2CCCCN2C(=O)c2ccc(N)nc2)ncc1C(=O)Nc1ccccc1F. The average molecular weight is 434 g/mol. The summed E-state index contributed by atoms with van der Waals surface area (Å²) in [6.45, 7) is 2.27. The number of nitrogens with one attached hydrogen (secondary N) is 1. The zero-order valence-electron chi connectivity index (χ0n) is 17.6. The summed E-state index contributed by atoms with van der Waals surface area (Å²) in [6, 6.07) is 8.87. The van der Waals surface area contributed by atoms with Gasteiger partial charge in [0.25, 0.3) is 11.8 Å². The van der Waals surface area contributed by atoms with Crippen LogP contribution in [0.5, 0.6) is 0 Å². The van der Waals surface area contributed by atoms with E-state index in [1.807, 2.05) is 0 Å². The summed E-state index contributed by atoms with van der Waals surface area (Å²) in [7, 11) is 0. The van der Waals surface area contributed by atoms with Crippen LogP contribution in [0.2, 0.25) is 0 Å². The van der Waals surface area contributed by atoms with E-state index in [4.69, 9.17) is 5.73 Å². The first-order valence-corrected chi connectivity index (χ1v) is 10.4. The Balaban J connectivity index is 1.56. The van der Waals surface area contributed by atoms with E-state index in [1.54, 1.807) is 36.1 Å². The molecular weight excluding hydrogens is 411 g/mol. The molecule has 164 valence electrons. The summed E-state index contributed by atoms with van der Waals surface area (Å²) in [4.78, 5) is 40.4. The van der Waals surface area contributed by atoms with Crippen molar-refractivity contribution < 1.29 is 14.0 Å². The van der Waals surface area contributed by atoms with Gasteiger partial charge in [0.2, 0.25) is 0 Å². The maximum absolute atomic E-state index is 13.9. The van der Waals surface area contributed by atoms with Gasteiger partial charge in [0.15, 0.2) is 5.82 Å². The standard InChI is InChI=1S/C23H23FN6O2/c1-14-16(22(31)29-18-7-3-2-6-17(18)24)13-27-21(28-14)19-8-4-5-11-30(19)23(32)15-9-10-20(25)26-12-15/h2-3,6-7,9-10,12-13,19H,4-5,8,11H2,1H3,(H2,25,26)(H,29,31)/t19-/m0/s1. The molecule has 3 aromatic rings. The number of pyridine rings is 1. The number of hydrogen-bond acceptors (Lipinski definition) is 6. The Kier molecular flexibility index (Phi) is 6.07. The van der Waals surface area contributed by atoms with Gasteiger partial charge in [-0.2, -0.15) is 0 Å². The van der Waals surface area contributed by atoms with Crippen molar-refractivity contribution in [1.82, 2.24) is 19.9 Å². The van der Waals surface area contributed by atoms with Crippen molar-refractivity contribution in [3.63, 3.8) is 0 Å². The van der Waals surface area contributed by atoms with Gasteiger partial charge in [-0.1, -0.05) is 12.1 Å². The highest BCUT2D eigenvalue weighted by Gasteiger charge is 2.31. The van der Waals surface area contributed by atoms with E-state index in [1.165, 1.54) is 24.5 Å². The maximum atomic E-state index is 13.9. The lowest BCUT2D eigenvalue weighted by Gasteiger charge is -2.35. The molecular formula is C23H23FN6O2. The number of carbonyl (C=O) groups excluding carboxylic acids is 2. The number of nitrogen functional groups attached to an aromatic ring is 1. The van der Waals surface area contributed by atoms with Gasteiger partial charge in [-0.25, -0.2) is 19.3 Å². The van der Waals surface area contributed by atoms with E-state index >= 15 is 0 Å². The van der Waals surface area contributed by atoms with Crippen LogP contribution in [0.4, 0.5) is 15.9 Å². The van der Waals surface area contributed by atoms with Crippen LogP contribution in [0.25, 0.3) is 0 Å². The third-order valence-electron chi connectivity index (χ3n) is 5.46. The third kappa shape index (κ3) is 4.41. The zero-order chi connectivity index (χ0) is 22.7. The lowest BCUT2D eigenvalue weighted by molar-refractivity contribution is 0.0598. The molecule has 0 radical (unpaired) electrons. The minimum Gasteiger partial charge on any atom is -0.384 e. The van der Waals surface area contributed by atoms with Crippen molar-refractivity contribution in [1.29, 1.82) is 0 Å². The Morgan fingerprint density at radius 3 is 2.66 bits per heavy atom. The number of carbonyl (C=O) groups is 2. The number of hydrogen-bond donors (Lipinski definition) is 2. The quantitative estimate of drug-likeness (QED) is 0.649. The molecule has 9 heteroatoms. The van der Waals surface area contributed by atoms with Crippen molar-refractivity contribution in [2.75, 3.05) is 17.6 Å². The minimum atomic E-state index is -0.524. The Bertz CT molecular complexity index is 1150. The Morgan fingerprint density at radius 2 is 1.94 bits per heavy atom. The smallest absolute Gasteiger partial charge is 0.259 e. The molecule has 0 aliphatic carbocycles. The number of nitrogens with two attached hydrogens (primary N) is 1. The lowest BCUT2D eigenvalue weighted by Crippen LogP contribution is -2.39. The Labute approximate surface area is 184 Å². The molecule has 1 atom stereocenters. The second kappa shape index (κ2) is 9.09. The number of benzene rings is 1. The Hall–Kier alpha value is -3.88. The van der Waals surface area contributed by atoms with Crippen LogP contribution in [0.1, 0.15) is 57.5 Å². The Morgan fingerprint density at radius 1 is 1.12 bits per heavy atom. The van der Waals surface area contributed by atoms with Crippen LogP contribution in [0.15, 0.2) is 48.8 Å². The summed E-state index contributed by atoms with van der Waals surface area (Å²) in [5.41, 5.74) is 6.86. The van der Waals surface area contributed by atoms with Gasteiger partial charge in [0, 0.05) is 18.9 Å². The fraction of sp³-hybridized carbons (Fsp3) is 0.261. The first kappa shape index (κ1) is 21.4.